The summed E-state index contributed by atoms with van der Waals surface area (Å²) in [6.45, 7) is 3.13. The van der Waals surface area contributed by atoms with E-state index in [1.54, 1.807) is 17.0 Å². The largest absolute Gasteiger partial charge is 0.337 e. The van der Waals surface area contributed by atoms with Crippen LogP contribution in [0.1, 0.15) is 5.56 Å². The molecule has 1 fully saturated rings. The van der Waals surface area contributed by atoms with Crippen molar-refractivity contribution in [2.24, 2.45) is 0 Å². The molecular weight excluding hydrogens is 336 g/mol. The van der Waals surface area contributed by atoms with Crippen LogP contribution in [0, 0.1) is 0 Å². The van der Waals surface area contributed by atoms with E-state index in [-0.39, 0.29) is 11.7 Å². The summed E-state index contributed by atoms with van der Waals surface area (Å²) in [5.74, 6) is 0.112. The second-order valence-electron chi connectivity index (χ2n) is 5.65. The van der Waals surface area contributed by atoms with Gasteiger partial charge < -0.3 is 4.90 Å². The predicted octanol–water partition coefficient (Wildman–Crippen LogP) is 1.54. The number of rotatable bonds is 5. The molecule has 2 rings (SSSR count). The van der Waals surface area contributed by atoms with Gasteiger partial charge in [-0.15, -0.1) is 0 Å². The van der Waals surface area contributed by atoms with E-state index in [1.165, 1.54) is 12.3 Å². The van der Waals surface area contributed by atoms with E-state index in [9.17, 15) is 13.2 Å². The number of hydrogen-bond acceptors (Lipinski definition) is 4. The fourth-order valence-corrected chi connectivity index (χ4v) is 3.15. The summed E-state index contributed by atoms with van der Waals surface area (Å²) in [4.78, 5) is 16.0. The van der Waals surface area contributed by atoms with Gasteiger partial charge >= 0.3 is 0 Å². The lowest BCUT2D eigenvalue weighted by Crippen LogP contribution is -2.49. The average molecular weight is 357 g/mol. The molecule has 126 valence electrons. The Labute approximate surface area is 142 Å². The van der Waals surface area contributed by atoms with Gasteiger partial charge in [-0.3, -0.25) is 9.69 Å². The van der Waals surface area contributed by atoms with Gasteiger partial charge in [-0.05, 0) is 17.7 Å². The Morgan fingerprint density at radius 2 is 1.87 bits per heavy atom. The number of sulfone groups is 1. The molecule has 7 heteroatoms. The molecule has 23 heavy (non-hydrogen) atoms. The Morgan fingerprint density at radius 3 is 2.48 bits per heavy atom. The van der Waals surface area contributed by atoms with Crippen LogP contribution in [0.3, 0.4) is 0 Å². The van der Waals surface area contributed by atoms with Crippen LogP contribution in [-0.2, 0) is 14.6 Å². The normalized spacial score (nSPS) is 16.9. The van der Waals surface area contributed by atoms with E-state index < -0.39 is 9.84 Å². The Kier molecular flexibility index (Phi) is 6.21. The number of piperazine rings is 1. The number of halogens is 1. The fraction of sp³-hybridized carbons (Fsp3) is 0.438. The maximum absolute atomic E-state index is 12.2. The third-order valence-electron chi connectivity index (χ3n) is 3.77. The zero-order chi connectivity index (χ0) is 16.9. The molecule has 1 aliphatic heterocycles. The van der Waals surface area contributed by atoms with Crippen molar-refractivity contribution in [3.8, 4) is 0 Å². The first kappa shape index (κ1) is 18.0. The van der Waals surface area contributed by atoms with Gasteiger partial charge in [0.25, 0.3) is 0 Å². The Hall–Kier alpha value is -1.37. The summed E-state index contributed by atoms with van der Waals surface area (Å²) in [5, 5.41) is 0.613. The van der Waals surface area contributed by atoms with Gasteiger partial charge in [0, 0.05) is 50.1 Å². The highest BCUT2D eigenvalue weighted by Gasteiger charge is 2.20. The van der Waals surface area contributed by atoms with E-state index in [0.29, 0.717) is 37.7 Å². The predicted molar refractivity (Wildman–Crippen MR) is 93.2 cm³/mol. The Morgan fingerprint density at radius 1 is 1.22 bits per heavy atom. The fourth-order valence-electron chi connectivity index (χ4n) is 2.36. The van der Waals surface area contributed by atoms with E-state index >= 15 is 0 Å². The van der Waals surface area contributed by atoms with Gasteiger partial charge in [-0.2, -0.15) is 0 Å². The van der Waals surface area contributed by atoms with Gasteiger partial charge in [0.05, 0.1) is 5.75 Å². The standard InChI is InChI=1S/C16H21ClN2O3S/c1-23(21,22)13-12-18-8-10-19(11-9-18)16(20)7-6-14-4-2-3-5-15(14)17/h2-7H,8-13H2,1H3. The van der Waals surface area contributed by atoms with Crippen molar-refractivity contribution in [2.45, 2.75) is 0 Å². The topological polar surface area (TPSA) is 57.7 Å². The first-order valence-electron chi connectivity index (χ1n) is 7.47. The number of carbonyl (C=O) groups excluding carboxylic acids is 1. The number of benzene rings is 1. The van der Waals surface area contributed by atoms with Crippen molar-refractivity contribution in [1.82, 2.24) is 9.80 Å². The summed E-state index contributed by atoms with van der Waals surface area (Å²) in [7, 11) is -2.94. The number of carbonyl (C=O) groups is 1. The van der Waals surface area contributed by atoms with Crippen molar-refractivity contribution >= 4 is 33.4 Å². The Bertz CT molecular complexity index is 680. The Balaban J connectivity index is 1.83. The maximum atomic E-state index is 12.2. The van der Waals surface area contributed by atoms with Crippen LogP contribution >= 0.6 is 11.6 Å². The molecule has 5 nitrogen and oxygen atoms in total. The van der Waals surface area contributed by atoms with Crippen LogP contribution in [0.15, 0.2) is 30.3 Å². The summed E-state index contributed by atoms with van der Waals surface area (Å²) >= 11 is 6.05. The molecule has 0 N–H and O–H groups in total. The average Bonchev–Trinajstić information content (AvgIpc) is 2.52. The van der Waals surface area contributed by atoms with Crippen LogP contribution in [0.4, 0.5) is 0 Å². The van der Waals surface area contributed by atoms with Crippen LogP contribution in [-0.4, -0.2) is 68.9 Å². The van der Waals surface area contributed by atoms with Gasteiger partial charge in [-0.1, -0.05) is 29.8 Å². The third-order valence-corrected chi connectivity index (χ3v) is 5.04. The number of amides is 1. The van der Waals surface area contributed by atoms with Crippen molar-refractivity contribution in [1.29, 1.82) is 0 Å². The zero-order valence-corrected chi connectivity index (χ0v) is 14.7. The zero-order valence-electron chi connectivity index (χ0n) is 13.1. The highest BCUT2D eigenvalue weighted by molar-refractivity contribution is 7.90. The van der Waals surface area contributed by atoms with Crippen LogP contribution in [0.25, 0.3) is 6.08 Å². The molecule has 0 radical (unpaired) electrons. The lowest BCUT2D eigenvalue weighted by molar-refractivity contribution is -0.127. The molecule has 0 aromatic heterocycles. The number of nitrogens with zero attached hydrogens (tertiary/aromatic N) is 2. The lowest BCUT2D eigenvalue weighted by atomic mass is 10.2. The van der Waals surface area contributed by atoms with Gasteiger partial charge in [0.1, 0.15) is 9.84 Å². The third kappa shape index (κ3) is 5.97. The number of hydrogen-bond donors (Lipinski definition) is 0. The maximum Gasteiger partial charge on any atom is 0.246 e. The minimum absolute atomic E-state index is 0.0484. The van der Waals surface area contributed by atoms with Gasteiger partial charge in [0.2, 0.25) is 5.91 Å². The summed E-state index contributed by atoms with van der Waals surface area (Å²) in [5.41, 5.74) is 0.814. The van der Waals surface area contributed by atoms with Crippen LogP contribution in [0.5, 0.6) is 0 Å². The molecule has 1 saturated heterocycles. The molecule has 0 saturated carbocycles. The lowest BCUT2D eigenvalue weighted by Gasteiger charge is -2.34. The van der Waals surface area contributed by atoms with E-state index in [1.807, 2.05) is 18.2 Å². The molecule has 0 spiro atoms. The monoisotopic (exact) mass is 356 g/mol. The molecule has 1 aliphatic rings. The van der Waals surface area contributed by atoms with Crippen molar-refractivity contribution < 1.29 is 13.2 Å². The second kappa shape index (κ2) is 7.95. The van der Waals surface area contributed by atoms with E-state index in [4.69, 9.17) is 11.6 Å². The summed E-state index contributed by atoms with van der Waals surface area (Å²) in [6, 6.07) is 7.36. The highest BCUT2D eigenvalue weighted by atomic mass is 35.5. The molecule has 1 aromatic carbocycles. The second-order valence-corrected chi connectivity index (χ2v) is 8.32. The highest BCUT2D eigenvalue weighted by Crippen LogP contribution is 2.16. The first-order chi connectivity index (χ1) is 10.8. The molecule has 1 heterocycles. The minimum atomic E-state index is -2.94. The van der Waals surface area contributed by atoms with Crippen LogP contribution in [0.2, 0.25) is 5.02 Å². The van der Waals surface area contributed by atoms with E-state index in [0.717, 1.165) is 5.56 Å². The van der Waals surface area contributed by atoms with Crippen molar-refractivity contribution in [3.05, 3.63) is 40.9 Å². The van der Waals surface area contributed by atoms with E-state index in [2.05, 4.69) is 4.90 Å². The van der Waals surface area contributed by atoms with Crippen molar-refractivity contribution in [2.75, 3.05) is 44.7 Å². The first-order valence-corrected chi connectivity index (χ1v) is 9.90. The molecule has 0 aliphatic carbocycles. The molecule has 0 atom stereocenters. The van der Waals surface area contributed by atoms with Gasteiger partial charge in [0.15, 0.2) is 0 Å². The minimum Gasteiger partial charge on any atom is -0.337 e. The smallest absolute Gasteiger partial charge is 0.246 e. The molecule has 0 unspecified atom stereocenters. The summed E-state index contributed by atoms with van der Waals surface area (Å²) < 4.78 is 22.4. The quantitative estimate of drug-likeness (QED) is 0.751. The molecular formula is C16H21ClN2O3S. The molecule has 0 bridgehead atoms. The van der Waals surface area contributed by atoms with Gasteiger partial charge in [-0.25, -0.2) is 8.42 Å². The molecule has 1 aromatic rings. The molecule has 1 amide bonds. The van der Waals surface area contributed by atoms with Crippen molar-refractivity contribution in [3.63, 3.8) is 0 Å². The SMILES string of the molecule is CS(=O)(=O)CCN1CCN(C(=O)C=Cc2ccccc2Cl)CC1. The van der Waals surface area contributed by atoms with Crippen LogP contribution < -0.4 is 0 Å². The summed E-state index contributed by atoms with van der Waals surface area (Å²) in [6.07, 6.45) is 4.50.